The van der Waals surface area contributed by atoms with Crippen LogP contribution in [0, 0.1) is 0 Å². The lowest BCUT2D eigenvalue weighted by molar-refractivity contribution is 0.282. The van der Waals surface area contributed by atoms with E-state index in [1.807, 2.05) is 41.0 Å². The Labute approximate surface area is 166 Å². The van der Waals surface area contributed by atoms with Gasteiger partial charge in [-0.15, -0.1) is 0 Å². The highest BCUT2D eigenvalue weighted by molar-refractivity contribution is 5.83. The third-order valence-electron chi connectivity index (χ3n) is 4.46. The van der Waals surface area contributed by atoms with Gasteiger partial charge in [-0.25, -0.2) is 20.8 Å². The summed E-state index contributed by atoms with van der Waals surface area (Å²) in [6.07, 6.45) is 4.47. The summed E-state index contributed by atoms with van der Waals surface area (Å²) >= 11 is 0. The standard InChI is InChI=1S/C20H20N8O/c21-9-11-27(23)17-8-7-16-20(26-17)28(14-5-3-13(12-29)4-6-14)19(25-16)15-2-1-10-24-18(15)22/h1-11,29H,12,21,23H2,(H2,22,24)/b11-9-. The minimum atomic E-state index is -0.0384. The Kier molecular flexibility index (Phi) is 4.82. The first-order valence-electron chi connectivity index (χ1n) is 8.85. The van der Waals surface area contributed by atoms with Crippen LogP contribution in [0.4, 0.5) is 11.6 Å². The summed E-state index contributed by atoms with van der Waals surface area (Å²) < 4.78 is 1.88. The lowest BCUT2D eigenvalue weighted by Crippen LogP contribution is -2.25. The summed E-state index contributed by atoms with van der Waals surface area (Å²) in [4.78, 5) is 13.6. The van der Waals surface area contributed by atoms with E-state index in [4.69, 9.17) is 22.3 Å². The Morgan fingerprint density at radius 3 is 2.55 bits per heavy atom. The predicted molar refractivity (Wildman–Crippen MR) is 112 cm³/mol. The smallest absolute Gasteiger partial charge is 0.167 e. The number of nitrogens with zero attached hydrogens (tertiary/aromatic N) is 5. The molecule has 0 saturated heterocycles. The van der Waals surface area contributed by atoms with Crippen molar-refractivity contribution in [3.8, 4) is 17.1 Å². The number of benzene rings is 1. The number of aliphatic hydroxyl groups is 1. The van der Waals surface area contributed by atoms with Crippen molar-refractivity contribution in [2.45, 2.75) is 6.61 Å². The molecule has 29 heavy (non-hydrogen) atoms. The van der Waals surface area contributed by atoms with E-state index in [0.717, 1.165) is 11.3 Å². The largest absolute Gasteiger partial charge is 0.403 e. The molecule has 9 nitrogen and oxygen atoms in total. The van der Waals surface area contributed by atoms with Gasteiger partial charge in [0.05, 0.1) is 12.2 Å². The first kappa shape index (κ1) is 18.4. The van der Waals surface area contributed by atoms with Gasteiger partial charge in [0.25, 0.3) is 0 Å². The van der Waals surface area contributed by atoms with E-state index in [2.05, 4.69) is 9.97 Å². The van der Waals surface area contributed by atoms with E-state index in [9.17, 15) is 5.11 Å². The van der Waals surface area contributed by atoms with Crippen LogP contribution in [-0.2, 0) is 6.61 Å². The molecule has 4 rings (SSSR count). The van der Waals surface area contributed by atoms with Crippen LogP contribution in [-0.4, -0.2) is 24.6 Å². The number of anilines is 2. The molecule has 0 aliphatic rings. The summed E-state index contributed by atoms with van der Waals surface area (Å²) in [7, 11) is 0. The number of nitrogen functional groups attached to an aromatic ring is 1. The highest BCUT2D eigenvalue weighted by atomic mass is 16.3. The molecular weight excluding hydrogens is 368 g/mol. The van der Waals surface area contributed by atoms with E-state index in [1.54, 1.807) is 18.3 Å². The molecule has 0 aliphatic carbocycles. The summed E-state index contributed by atoms with van der Waals surface area (Å²) in [6.45, 7) is -0.0384. The second-order valence-electron chi connectivity index (χ2n) is 6.29. The number of pyridine rings is 2. The van der Waals surface area contributed by atoms with Gasteiger partial charge in [-0.05, 0) is 42.0 Å². The normalized spacial score (nSPS) is 11.4. The van der Waals surface area contributed by atoms with E-state index >= 15 is 0 Å². The highest BCUT2D eigenvalue weighted by Gasteiger charge is 2.18. The van der Waals surface area contributed by atoms with Crippen molar-refractivity contribution in [2.24, 2.45) is 11.6 Å². The SMILES string of the molecule is N/C=C\N(N)c1ccc2nc(-c3cccnc3N)n(-c3ccc(CO)cc3)c2n1. The zero-order valence-electron chi connectivity index (χ0n) is 15.5. The van der Waals surface area contributed by atoms with Gasteiger partial charge in [0.1, 0.15) is 17.2 Å². The summed E-state index contributed by atoms with van der Waals surface area (Å²) in [5.74, 6) is 7.45. The molecule has 3 aromatic heterocycles. The molecule has 0 fully saturated rings. The van der Waals surface area contributed by atoms with Crippen LogP contribution in [0.25, 0.3) is 28.2 Å². The topological polar surface area (TPSA) is 145 Å². The molecule has 0 aliphatic heterocycles. The maximum Gasteiger partial charge on any atom is 0.167 e. The van der Waals surface area contributed by atoms with E-state index in [0.29, 0.717) is 34.2 Å². The monoisotopic (exact) mass is 388 g/mol. The van der Waals surface area contributed by atoms with Crippen molar-refractivity contribution in [1.82, 2.24) is 19.5 Å². The van der Waals surface area contributed by atoms with Gasteiger partial charge in [-0.2, -0.15) is 0 Å². The molecule has 146 valence electrons. The highest BCUT2D eigenvalue weighted by Crippen LogP contribution is 2.31. The molecule has 0 amide bonds. The fourth-order valence-corrected chi connectivity index (χ4v) is 3.04. The maximum absolute atomic E-state index is 9.36. The molecule has 7 N–H and O–H groups in total. The Balaban J connectivity index is 2.00. The predicted octanol–water partition coefficient (Wildman–Crippen LogP) is 1.67. The van der Waals surface area contributed by atoms with Crippen LogP contribution in [0.3, 0.4) is 0 Å². The number of hydrogen-bond donors (Lipinski definition) is 4. The number of fused-ring (bicyclic) bond motifs is 1. The Morgan fingerprint density at radius 1 is 1.07 bits per heavy atom. The van der Waals surface area contributed by atoms with Crippen molar-refractivity contribution in [3.05, 3.63) is 72.7 Å². The van der Waals surface area contributed by atoms with Crippen LogP contribution in [0.15, 0.2) is 67.1 Å². The molecule has 0 atom stereocenters. The number of imidazole rings is 1. The van der Waals surface area contributed by atoms with Crippen LogP contribution >= 0.6 is 0 Å². The van der Waals surface area contributed by atoms with Gasteiger partial charge in [0.15, 0.2) is 11.5 Å². The summed E-state index contributed by atoms with van der Waals surface area (Å²) in [5.41, 5.74) is 15.1. The van der Waals surface area contributed by atoms with Crippen molar-refractivity contribution in [3.63, 3.8) is 0 Å². The summed E-state index contributed by atoms with van der Waals surface area (Å²) in [6, 6.07) is 14.7. The zero-order valence-corrected chi connectivity index (χ0v) is 15.5. The number of aromatic nitrogens is 4. The first-order valence-corrected chi connectivity index (χ1v) is 8.85. The average Bonchev–Trinajstić information content (AvgIpc) is 3.12. The van der Waals surface area contributed by atoms with Gasteiger partial charge in [0, 0.05) is 24.3 Å². The maximum atomic E-state index is 9.36. The van der Waals surface area contributed by atoms with Crippen molar-refractivity contribution in [1.29, 1.82) is 0 Å². The fraction of sp³-hybridized carbons (Fsp3) is 0.0500. The molecular formula is C20H20N8O. The Morgan fingerprint density at radius 2 is 1.86 bits per heavy atom. The van der Waals surface area contributed by atoms with Crippen molar-refractivity contribution < 1.29 is 5.11 Å². The molecule has 9 heteroatoms. The molecule has 0 radical (unpaired) electrons. The van der Waals surface area contributed by atoms with Gasteiger partial charge in [-0.1, -0.05) is 12.1 Å². The van der Waals surface area contributed by atoms with Crippen LogP contribution in [0.5, 0.6) is 0 Å². The van der Waals surface area contributed by atoms with Crippen molar-refractivity contribution >= 4 is 22.8 Å². The second-order valence-corrected chi connectivity index (χ2v) is 6.29. The Bertz CT molecular complexity index is 1180. The number of nitrogens with two attached hydrogens (primary N) is 3. The van der Waals surface area contributed by atoms with Gasteiger partial charge in [0.2, 0.25) is 0 Å². The average molecular weight is 388 g/mol. The number of hydrogen-bond acceptors (Lipinski definition) is 8. The zero-order chi connectivity index (χ0) is 20.4. The summed E-state index contributed by atoms with van der Waals surface area (Å²) in [5, 5.41) is 10.7. The Hall–Kier alpha value is -3.95. The number of rotatable bonds is 5. The van der Waals surface area contributed by atoms with Gasteiger partial charge < -0.3 is 16.6 Å². The van der Waals surface area contributed by atoms with Crippen LogP contribution in [0.2, 0.25) is 0 Å². The molecule has 1 aromatic carbocycles. The minimum Gasteiger partial charge on any atom is -0.403 e. The molecule has 4 aromatic rings. The third-order valence-corrected chi connectivity index (χ3v) is 4.46. The molecule has 0 unspecified atom stereocenters. The van der Waals surface area contributed by atoms with Gasteiger partial charge in [-0.3, -0.25) is 9.58 Å². The molecule has 0 spiro atoms. The number of hydrazine groups is 1. The van der Waals surface area contributed by atoms with Crippen LogP contribution in [0.1, 0.15) is 5.56 Å². The molecule has 3 heterocycles. The van der Waals surface area contributed by atoms with Gasteiger partial charge >= 0.3 is 0 Å². The lowest BCUT2D eigenvalue weighted by Gasteiger charge is -2.13. The van der Waals surface area contributed by atoms with E-state index in [-0.39, 0.29) is 6.61 Å². The van der Waals surface area contributed by atoms with E-state index in [1.165, 1.54) is 17.4 Å². The third kappa shape index (κ3) is 3.35. The minimum absolute atomic E-state index is 0.0384. The quantitative estimate of drug-likeness (QED) is 0.298. The first-order chi connectivity index (χ1) is 14.1. The van der Waals surface area contributed by atoms with E-state index < -0.39 is 0 Å². The number of aliphatic hydroxyl groups excluding tert-OH is 1. The lowest BCUT2D eigenvalue weighted by atomic mass is 10.2. The fourth-order valence-electron chi connectivity index (χ4n) is 3.04. The van der Waals surface area contributed by atoms with Crippen LogP contribution < -0.4 is 22.3 Å². The van der Waals surface area contributed by atoms with Crippen molar-refractivity contribution in [2.75, 3.05) is 10.7 Å². The molecule has 0 bridgehead atoms. The second kappa shape index (κ2) is 7.58. The molecule has 0 saturated carbocycles.